The predicted molar refractivity (Wildman–Crippen MR) is 89.4 cm³/mol. The highest BCUT2D eigenvalue weighted by Crippen LogP contribution is 2.34. The molecule has 0 bridgehead atoms. The Morgan fingerprint density at radius 1 is 1.32 bits per heavy atom. The van der Waals surface area contributed by atoms with E-state index >= 15 is 0 Å². The van der Waals surface area contributed by atoms with Crippen molar-refractivity contribution in [1.82, 2.24) is 14.7 Å². The maximum absolute atomic E-state index is 13.7. The highest BCUT2D eigenvalue weighted by atomic mass is 19.1. The zero-order valence-corrected chi connectivity index (χ0v) is 14.0. The molecule has 1 atom stereocenters. The average Bonchev–Trinajstić information content (AvgIpc) is 2.80. The van der Waals surface area contributed by atoms with E-state index in [0.717, 1.165) is 24.4 Å². The number of amides is 2. The van der Waals surface area contributed by atoms with Gasteiger partial charge in [-0.15, -0.1) is 0 Å². The van der Waals surface area contributed by atoms with Crippen molar-refractivity contribution >= 4 is 17.5 Å². The first-order chi connectivity index (χ1) is 12.0. The summed E-state index contributed by atoms with van der Waals surface area (Å²) in [5.74, 6) is -1.39. The zero-order valence-electron chi connectivity index (χ0n) is 14.0. The largest absolute Gasteiger partial charge is 0.336 e. The number of fused-ring (bicyclic) bond motifs is 2. The van der Waals surface area contributed by atoms with Crippen molar-refractivity contribution in [2.45, 2.75) is 38.8 Å². The number of aromatic nitrogens is 2. The third-order valence-electron chi connectivity index (χ3n) is 4.80. The molecule has 3 heterocycles. The topological polar surface area (TPSA) is 67.2 Å². The number of hydrogen-bond donors (Lipinski definition) is 1. The molecule has 2 aliphatic rings. The fourth-order valence-corrected chi connectivity index (χ4v) is 3.67. The van der Waals surface area contributed by atoms with Crippen molar-refractivity contribution < 1.29 is 14.0 Å². The molecule has 2 amide bonds. The Hall–Kier alpha value is -2.70. The molecule has 1 N–H and O–H groups in total. The second kappa shape index (κ2) is 5.98. The number of rotatable bonds is 1. The van der Waals surface area contributed by atoms with Crippen LogP contribution >= 0.6 is 0 Å². The van der Waals surface area contributed by atoms with Gasteiger partial charge in [0.05, 0.1) is 23.9 Å². The van der Waals surface area contributed by atoms with Crippen LogP contribution in [0.25, 0.3) is 0 Å². The summed E-state index contributed by atoms with van der Waals surface area (Å²) in [7, 11) is 0. The summed E-state index contributed by atoms with van der Waals surface area (Å²) in [5.41, 5.74) is 2.99. The van der Waals surface area contributed by atoms with Gasteiger partial charge in [-0.1, -0.05) is 0 Å². The third kappa shape index (κ3) is 2.90. The maximum Gasteiger partial charge on any atom is 0.231 e. The quantitative estimate of drug-likeness (QED) is 0.864. The number of carbonyl (C=O) groups is 2. The van der Waals surface area contributed by atoms with Crippen molar-refractivity contribution in [2.75, 3.05) is 11.9 Å². The van der Waals surface area contributed by atoms with Crippen molar-refractivity contribution in [3.05, 3.63) is 47.0 Å². The van der Waals surface area contributed by atoms with E-state index in [4.69, 9.17) is 0 Å². The molecule has 1 unspecified atom stereocenters. The number of anilines is 1. The van der Waals surface area contributed by atoms with Gasteiger partial charge in [0, 0.05) is 25.2 Å². The van der Waals surface area contributed by atoms with E-state index in [1.807, 2.05) is 17.7 Å². The molecule has 0 fully saturated rings. The highest BCUT2D eigenvalue weighted by molar-refractivity contribution is 6.01. The minimum Gasteiger partial charge on any atom is -0.336 e. The van der Waals surface area contributed by atoms with E-state index in [1.54, 1.807) is 4.90 Å². The Morgan fingerprint density at radius 3 is 3.00 bits per heavy atom. The van der Waals surface area contributed by atoms with E-state index in [9.17, 15) is 14.0 Å². The molecular weight excluding hydrogens is 323 g/mol. The lowest BCUT2D eigenvalue weighted by atomic mass is 9.89. The molecule has 0 saturated carbocycles. The molecule has 6 nitrogen and oxygen atoms in total. The minimum atomic E-state index is -0.644. The van der Waals surface area contributed by atoms with E-state index in [1.165, 1.54) is 18.2 Å². The van der Waals surface area contributed by atoms with Crippen LogP contribution in [-0.2, 0) is 22.7 Å². The molecule has 130 valence electrons. The van der Waals surface area contributed by atoms with E-state index in [2.05, 4.69) is 10.4 Å². The van der Waals surface area contributed by atoms with Crippen LogP contribution in [-0.4, -0.2) is 33.0 Å². The Kier molecular flexibility index (Phi) is 3.78. The Labute approximate surface area is 144 Å². The summed E-state index contributed by atoms with van der Waals surface area (Å²) in [6.45, 7) is 3.76. The normalized spacial score (nSPS) is 19.7. The van der Waals surface area contributed by atoms with Crippen molar-refractivity contribution in [3.8, 4) is 0 Å². The van der Waals surface area contributed by atoms with Gasteiger partial charge < -0.3 is 10.2 Å². The van der Waals surface area contributed by atoms with Crippen LogP contribution in [0, 0.1) is 12.7 Å². The molecule has 1 aromatic heterocycles. The SMILES string of the molecule is Cc1cc2n(n1)CCCN(C(=O)C1CC(=O)Nc3ccc(F)cc31)C2. The summed E-state index contributed by atoms with van der Waals surface area (Å²) in [5, 5.41) is 7.16. The Morgan fingerprint density at radius 2 is 2.16 bits per heavy atom. The molecule has 7 heteroatoms. The highest BCUT2D eigenvalue weighted by Gasteiger charge is 2.34. The summed E-state index contributed by atoms with van der Waals surface area (Å²) < 4.78 is 15.6. The number of hydrogen-bond acceptors (Lipinski definition) is 3. The maximum atomic E-state index is 13.7. The minimum absolute atomic E-state index is 0.0457. The van der Waals surface area contributed by atoms with Crippen LogP contribution < -0.4 is 5.32 Å². The number of halogens is 1. The molecule has 2 aromatic rings. The first kappa shape index (κ1) is 15.8. The number of carbonyl (C=O) groups excluding carboxylic acids is 2. The van der Waals surface area contributed by atoms with Gasteiger partial charge in [0.15, 0.2) is 0 Å². The Bertz CT molecular complexity index is 861. The van der Waals surface area contributed by atoms with Gasteiger partial charge in [0.1, 0.15) is 5.82 Å². The second-order valence-electron chi connectivity index (χ2n) is 6.65. The lowest BCUT2D eigenvalue weighted by Gasteiger charge is -2.30. The molecule has 0 radical (unpaired) electrons. The lowest BCUT2D eigenvalue weighted by Crippen LogP contribution is -2.38. The lowest BCUT2D eigenvalue weighted by molar-refractivity contribution is -0.135. The van der Waals surface area contributed by atoms with Gasteiger partial charge in [0.25, 0.3) is 0 Å². The summed E-state index contributed by atoms with van der Waals surface area (Å²) in [6, 6.07) is 6.14. The smallest absolute Gasteiger partial charge is 0.231 e. The van der Waals surface area contributed by atoms with Crippen LogP contribution in [0.4, 0.5) is 10.1 Å². The molecule has 25 heavy (non-hydrogen) atoms. The molecule has 0 saturated heterocycles. The van der Waals surface area contributed by atoms with E-state index in [0.29, 0.717) is 24.3 Å². The third-order valence-corrected chi connectivity index (χ3v) is 4.80. The van der Waals surface area contributed by atoms with Gasteiger partial charge in [-0.3, -0.25) is 14.3 Å². The average molecular weight is 342 g/mol. The van der Waals surface area contributed by atoms with Gasteiger partial charge in [-0.25, -0.2) is 4.39 Å². The fourth-order valence-electron chi connectivity index (χ4n) is 3.67. The van der Waals surface area contributed by atoms with Gasteiger partial charge in [-0.2, -0.15) is 5.10 Å². The monoisotopic (exact) mass is 342 g/mol. The molecule has 1 aromatic carbocycles. The zero-order chi connectivity index (χ0) is 17.6. The standard InChI is InChI=1S/C18H19FN4O2/c1-11-7-13-10-22(5-2-6-23(13)21-11)18(25)15-9-17(24)20-16-4-3-12(19)8-14(15)16/h3-4,7-8,15H,2,5-6,9-10H2,1H3,(H,20,24). The summed E-state index contributed by atoms with van der Waals surface area (Å²) in [6.07, 6.45) is 0.846. The number of nitrogens with one attached hydrogen (secondary N) is 1. The van der Waals surface area contributed by atoms with Crippen LogP contribution in [0.2, 0.25) is 0 Å². The van der Waals surface area contributed by atoms with Crippen molar-refractivity contribution in [2.24, 2.45) is 0 Å². The van der Waals surface area contributed by atoms with Gasteiger partial charge in [0.2, 0.25) is 11.8 Å². The number of nitrogens with zero attached hydrogens (tertiary/aromatic N) is 3. The van der Waals surface area contributed by atoms with Gasteiger partial charge in [-0.05, 0) is 43.2 Å². The molecule has 4 rings (SSSR count). The van der Waals surface area contributed by atoms with Crippen LogP contribution in [0.15, 0.2) is 24.3 Å². The molecule has 2 aliphatic heterocycles. The predicted octanol–water partition coefficient (Wildman–Crippen LogP) is 2.19. The second-order valence-corrected chi connectivity index (χ2v) is 6.65. The first-order valence-electron chi connectivity index (χ1n) is 8.42. The summed E-state index contributed by atoms with van der Waals surface area (Å²) in [4.78, 5) is 26.9. The first-order valence-corrected chi connectivity index (χ1v) is 8.42. The molecule has 0 aliphatic carbocycles. The fraction of sp³-hybridized carbons (Fsp3) is 0.389. The van der Waals surface area contributed by atoms with Crippen LogP contribution in [0.1, 0.15) is 35.7 Å². The summed E-state index contributed by atoms with van der Waals surface area (Å²) >= 11 is 0. The molecular formula is C18H19FN4O2. The van der Waals surface area contributed by atoms with Gasteiger partial charge >= 0.3 is 0 Å². The van der Waals surface area contributed by atoms with E-state index < -0.39 is 11.7 Å². The number of benzene rings is 1. The Balaban J connectivity index is 1.65. The molecule has 0 spiro atoms. The van der Waals surface area contributed by atoms with Crippen molar-refractivity contribution in [1.29, 1.82) is 0 Å². The number of aryl methyl sites for hydroxylation is 2. The van der Waals surface area contributed by atoms with Crippen LogP contribution in [0.3, 0.4) is 0 Å². The van der Waals surface area contributed by atoms with Crippen LogP contribution in [0.5, 0.6) is 0 Å². The van der Waals surface area contributed by atoms with E-state index in [-0.39, 0.29) is 18.2 Å². The van der Waals surface area contributed by atoms with Crippen molar-refractivity contribution in [3.63, 3.8) is 0 Å².